The molecule has 0 aliphatic rings. The molecule has 1 aromatic carbocycles. The van der Waals surface area contributed by atoms with Gasteiger partial charge in [-0.15, -0.1) is 0 Å². The lowest BCUT2D eigenvalue weighted by atomic mass is 10.1. The Morgan fingerprint density at radius 2 is 1.69 bits per heavy atom. The second-order valence-electron chi connectivity index (χ2n) is 6.08. The lowest BCUT2D eigenvalue weighted by molar-refractivity contribution is 0.709. The normalized spacial score (nSPS) is 11.2. The number of rotatable bonds is 3. The first kappa shape index (κ1) is 16.9. The van der Waals surface area contributed by atoms with E-state index in [1.807, 2.05) is 53.9 Å². The third-order valence-electron chi connectivity index (χ3n) is 4.37. The zero-order chi connectivity index (χ0) is 18.3. The van der Waals surface area contributed by atoms with Crippen molar-refractivity contribution in [3.05, 3.63) is 92.6 Å². The average Bonchev–Trinajstić information content (AvgIpc) is 2.96. The molecule has 6 heteroatoms. The average molecular weight is 384 g/mol. The van der Waals surface area contributed by atoms with Gasteiger partial charge in [-0.2, -0.15) is 0 Å². The molecule has 0 bridgehead atoms. The van der Waals surface area contributed by atoms with Gasteiger partial charge in [0.1, 0.15) is 5.65 Å². The van der Waals surface area contributed by atoms with E-state index in [4.69, 9.17) is 28.2 Å². The molecule has 130 valence electrons. The number of imidazole rings is 1. The largest absolute Gasteiger partial charge is 0.307 e. The molecule has 0 aliphatic carbocycles. The Bertz CT molecular complexity index is 1160. The van der Waals surface area contributed by atoms with Crippen LogP contribution in [0.15, 0.2) is 65.6 Å². The van der Waals surface area contributed by atoms with Crippen molar-refractivity contribution in [1.82, 2.24) is 14.0 Å². The van der Waals surface area contributed by atoms with E-state index in [0.29, 0.717) is 16.6 Å². The Hall–Kier alpha value is -2.56. The highest BCUT2D eigenvalue weighted by molar-refractivity contribution is 6.30. The van der Waals surface area contributed by atoms with Crippen LogP contribution in [0.5, 0.6) is 0 Å². The number of pyridine rings is 2. The van der Waals surface area contributed by atoms with Crippen molar-refractivity contribution in [3.8, 4) is 11.3 Å². The fraction of sp³-hybridized carbons (Fsp3) is 0.100. The van der Waals surface area contributed by atoms with Gasteiger partial charge in [-0.25, -0.2) is 4.98 Å². The van der Waals surface area contributed by atoms with E-state index in [0.717, 1.165) is 28.3 Å². The first-order chi connectivity index (χ1) is 12.5. The third-order valence-corrected chi connectivity index (χ3v) is 4.85. The second kappa shape index (κ2) is 6.63. The van der Waals surface area contributed by atoms with Crippen LogP contribution in [-0.2, 0) is 6.54 Å². The van der Waals surface area contributed by atoms with Crippen molar-refractivity contribution < 1.29 is 0 Å². The van der Waals surface area contributed by atoms with E-state index >= 15 is 0 Å². The Morgan fingerprint density at radius 3 is 2.42 bits per heavy atom. The molecule has 0 spiro atoms. The van der Waals surface area contributed by atoms with Crippen LogP contribution in [-0.4, -0.2) is 14.0 Å². The fourth-order valence-electron chi connectivity index (χ4n) is 3.03. The van der Waals surface area contributed by atoms with Crippen molar-refractivity contribution in [2.24, 2.45) is 0 Å². The van der Waals surface area contributed by atoms with Crippen LogP contribution in [0.4, 0.5) is 0 Å². The summed E-state index contributed by atoms with van der Waals surface area (Å²) in [4.78, 5) is 17.1. The molecule has 0 fully saturated rings. The Labute approximate surface area is 160 Å². The maximum Gasteiger partial charge on any atom is 0.251 e. The highest BCUT2D eigenvalue weighted by Crippen LogP contribution is 2.27. The minimum absolute atomic E-state index is 0.0518. The topological polar surface area (TPSA) is 39.3 Å². The minimum Gasteiger partial charge on any atom is -0.307 e. The molecule has 0 saturated heterocycles. The molecule has 3 aromatic heterocycles. The van der Waals surface area contributed by atoms with Gasteiger partial charge in [-0.05, 0) is 37.3 Å². The highest BCUT2D eigenvalue weighted by atomic mass is 35.5. The third kappa shape index (κ3) is 3.02. The van der Waals surface area contributed by atoms with Crippen LogP contribution < -0.4 is 5.56 Å². The number of hydrogen-bond acceptors (Lipinski definition) is 2. The molecule has 4 nitrogen and oxygen atoms in total. The summed E-state index contributed by atoms with van der Waals surface area (Å²) >= 11 is 12.2. The molecule has 4 rings (SSSR count). The molecule has 0 unspecified atom stereocenters. The first-order valence-electron chi connectivity index (χ1n) is 8.12. The van der Waals surface area contributed by atoms with E-state index in [2.05, 4.69) is 0 Å². The zero-order valence-corrected chi connectivity index (χ0v) is 15.5. The van der Waals surface area contributed by atoms with Crippen LogP contribution in [0.1, 0.15) is 11.4 Å². The summed E-state index contributed by atoms with van der Waals surface area (Å²) in [5.41, 5.74) is 4.24. The van der Waals surface area contributed by atoms with Crippen molar-refractivity contribution >= 4 is 28.8 Å². The Balaban J connectivity index is 1.96. The molecule has 0 radical (unpaired) electrons. The molecule has 0 aliphatic heterocycles. The second-order valence-corrected chi connectivity index (χ2v) is 6.95. The number of nitrogens with zero attached hydrogens (tertiary/aromatic N) is 3. The Kier molecular flexibility index (Phi) is 4.31. The van der Waals surface area contributed by atoms with Crippen molar-refractivity contribution in [2.75, 3.05) is 0 Å². The van der Waals surface area contributed by atoms with Gasteiger partial charge in [-0.3, -0.25) is 4.79 Å². The lowest BCUT2D eigenvalue weighted by Gasteiger charge is -2.11. The molecule has 0 amide bonds. The van der Waals surface area contributed by atoms with Crippen molar-refractivity contribution in [1.29, 1.82) is 0 Å². The smallest absolute Gasteiger partial charge is 0.251 e. The summed E-state index contributed by atoms with van der Waals surface area (Å²) in [6.45, 7) is 2.31. The number of aryl methyl sites for hydroxylation is 1. The summed E-state index contributed by atoms with van der Waals surface area (Å²) in [6.07, 6.45) is 1.82. The van der Waals surface area contributed by atoms with Gasteiger partial charge >= 0.3 is 0 Å². The lowest BCUT2D eigenvalue weighted by Crippen LogP contribution is -2.22. The molecule has 0 atom stereocenters. The van der Waals surface area contributed by atoms with Gasteiger partial charge < -0.3 is 8.97 Å². The number of hydrogen-bond donors (Lipinski definition) is 0. The maximum absolute atomic E-state index is 12.4. The van der Waals surface area contributed by atoms with E-state index in [9.17, 15) is 4.79 Å². The monoisotopic (exact) mass is 383 g/mol. The molecular formula is C20H15Cl2N3O. The van der Waals surface area contributed by atoms with Gasteiger partial charge in [0.2, 0.25) is 0 Å². The van der Waals surface area contributed by atoms with E-state index < -0.39 is 0 Å². The zero-order valence-electron chi connectivity index (χ0n) is 14.0. The minimum atomic E-state index is -0.0518. The summed E-state index contributed by atoms with van der Waals surface area (Å²) < 4.78 is 3.66. The van der Waals surface area contributed by atoms with Crippen molar-refractivity contribution in [3.63, 3.8) is 0 Å². The van der Waals surface area contributed by atoms with Crippen LogP contribution in [0.3, 0.4) is 0 Å². The van der Waals surface area contributed by atoms with E-state index in [1.54, 1.807) is 22.8 Å². The number of halogens is 2. The van der Waals surface area contributed by atoms with E-state index in [-0.39, 0.29) is 5.56 Å². The summed E-state index contributed by atoms with van der Waals surface area (Å²) in [6, 6.07) is 16.4. The maximum atomic E-state index is 12.4. The standard InChI is InChI=1S/C20H15Cl2N3O/c1-13-3-2-4-19(26)24(13)12-17-20(14-5-7-15(21)8-6-14)23-18-10-9-16(22)11-25(17)18/h2-11H,12H2,1H3. The van der Waals surface area contributed by atoms with Gasteiger partial charge in [-0.1, -0.05) is 41.4 Å². The van der Waals surface area contributed by atoms with Crippen LogP contribution in [0.25, 0.3) is 16.9 Å². The molecule has 0 saturated carbocycles. The SMILES string of the molecule is Cc1cccc(=O)n1Cc1c(-c2ccc(Cl)cc2)nc2ccc(Cl)cn12. The predicted octanol–water partition coefficient (Wildman–Crippen LogP) is 4.83. The van der Waals surface area contributed by atoms with Crippen LogP contribution in [0.2, 0.25) is 10.0 Å². The van der Waals surface area contributed by atoms with Crippen molar-refractivity contribution in [2.45, 2.75) is 13.5 Å². The van der Waals surface area contributed by atoms with Gasteiger partial charge in [0, 0.05) is 28.5 Å². The molecule has 26 heavy (non-hydrogen) atoms. The summed E-state index contributed by atoms with van der Waals surface area (Å²) in [5, 5.41) is 1.27. The Morgan fingerprint density at radius 1 is 0.962 bits per heavy atom. The summed E-state index contributed by atoms with van der Waals surface area (Å²) in [7, 11) is 0. The van der Waals surface area contributed by atoms with Crippen LogP contribution >= 0.6 is 23.2 Å². The first-order valence-corrected chi connectivity index (χ1v) is 8.87. The number of fused-ring (bicyclic) bond motifs is 1. The summed E-state index contributed by atoms with van der Waals surface area (Å²) in [5.74, 6) is 0. The highest BCUT2D eigenvalue weighted by Gasteiger charge is 2.16. The predicted molar refractivity (Wildman–Crippen MR) is 105 cm³/mol. The van der Waals surface area contributed by atoms with Gasteiger partial charge in [0.25, 0.3) is 5.56 Å². The van der Waals surface area contributed by atoms with Gasteiger partial charge in [0.15, 0.2) is 0 Å². The molecule has 4 aromatic rings. The van der Waals surface area contributed by atoms with E-state index in [1.165, 1.54) is 0 Å². The number of benzene rings is 1. The van der Waals surface area contributed by atoms with Crippen LogP contribution in [0, 0.1) is 6.92 Å². The number of aromatic nitrogens is 3. The molecule has 0 N–H and O–H groups in total. The quantitative estimate of drug-likeness (QED) is 0.508. The fourth-order valence-corrected chi connectivity index (χ4v) is 3.32. The molecular weight excluding hydrogens is 369 g/mol. The molecule has 3 heterocycles. The van der Waals surface area contributed by atoms with Gasteiger partial charge in [0.05, 0.1) is 23.0 Å².